The molecule has 0 bridgehead atoms. The summed E-state index contributed by atoms with van der Waals surface area (Å²) in [5.74, 6) is -0.207. The van der Waals surface area contributed by atoms with Gasteiger partial charge in [0, 0.05) is 22.7 Å². The lowest BCUT2D eigenvalue weighted by Crippen LogP contribution is -2.70. The Hall–Kier alpha value is -1.19. The van der Waals surface area contributed by atoms with Gasteiger partial charge in [-0.25, -0.2) is 4.39 Å². The molecule has 0 saturated carbocycles. The quantitative estimate of drug-likeness (QED) is 0.802. The van der Waals surface area contributed by atoms with Crippen LogP contribution in [0.1, 0.15) is 13.8 Å². The van der Waals surface area contributed by atoms with Crippen LogP contribution in [0.3, 0.4) is 0 Å². The van der Waals surface area contributed by atoms with E-state index in [0.717, 1.165) is 15.8 Å². The van der Waals surface area contributed by atoms with Crippen LogP contribution in [-0.2, 0) is 0 Å². The molecule has 90 valence electrons. The van der Waals surface area contributed by atoms with E-state index in [1.54, 1.807) is 12.1 Å². The molecular weight excluding hydrogens is 281 g/mol. The molecule has 1 nitrogen and oxygen atoms in total. The predicted molar refractivity (Wildman–Crippen MR) is 73.1 cm³/mol. The van der Waals surface area contributed by atoms with Crippen molar-refractivity contribution in [3.63, 3.8) is 0 Å². The number of benzene rings is 2. The first-order valence-corrected chi connectivity index (χ1v) is 6.39. The van der Waals surface area contributed by atoms with Crippen LogP contribution in [0, 0.1) is 5.82 Å². The molecule has 0 unspecified atom stereocenters. The highest BCUT2D eigenvalue weighted by atomic mass is 79.9. The fourth-order valence-electron chi connectivity index (χ4n) is 1.35. The van der Waals surface area contributed by atoms with E-state index in [9.17, 15) is 4.39 Å². The van der Waals surface area contributed by atoms with E-state index in [1.165, 1.54) is 12.1 Å². The summed E-state index contributed by atoms with van der Waals surface area (Å²) in [4.78, 5) is 0. The molecule has 0 atom stereocenters. The summed E-state index contributed by atoms with van der Waals surface area (Å²) in [5.41, 5.74) is 2.09. The van der Waals surface area contributed by atoms with Crippen LogP contribution < -0.4 is 5.32 Å². The molecule has 0 amide bonds. The minimum Gasteiger partial charge on any atom is -0.282 e. The van der Waals surface area contributed by atoms with Crippen molar-refractivity contribution in [2.24, 2.45) is 0 Å². The van der Waals surface area contributed by atoms with Gasteiger partial charge in [-0.05, 0) is 24.3 Å². The first-order valence-electron chi connectivity index (χ1n) is 5.60. The Kier molecular flexibility index (Phi) is 5.87. The first kappa shape index (κ1) is 13.9. The van der Waals surface area contributed by atoms with E-state index in [-0.39, 0.29) is 5.82 Å². The highest BCUT2D eigenvalue weighted by molar-refractivity contribution is 9.10. The van der Waals surface area contributed by atoms with Gasteiger partial charge in [-0.1, -0.05) is 35.8 Å². The van der Waals surface area contributed by atoms with Gasteiger partial charge in [0.15, 0.2) is 0 Å². The summed E-state index contributed by atoms with van der Waals surface area (Å²) in [5, 5.41) is 2.00. The van der Waals surface area contributed by atoms with Gasteiger partial charge in [-0.15, -0.1) is 0 Å². The molecule has 0 saturated heterocycles. The average Bonchev–Trinajstić information content (AvgIpc) is 2.35. The van der Waals surface area contributed by atoms with Gasteiger partial charge in [0.1, 0.15) is 17.2 Å². The average molecular weight is 297 g/mol. The fraction of sp³-hybridized carbons (Fsp3) is 0.143. The summed E-state index contributed by atoms with van der Waals surface area (Å²) in [6.45, 7) is 4.00. The number of halogens is 2. The zero-order valence-corrected chi connectivity index (χ0v) is 11.5. The molecule has 0 spiro atoms. The van der Waals surface area contributed by atoms with Gasteiger partial charge in [0.25, 0.3) is 0 Å². The molecule has 2 aromatic carbocycles. The second-order valence-electron chi connectivity index (χ2n) is 3.25. The third-order valence-corrected chi connectivity index (χ3v) is 2.55. The molecular formula is C14H16BrFN+. The zero-order chi connectivity index (χ0) is 12.7. The van der Waals surface area contributed by atoms with Crippen LogP contribution in [0.4, 0.5) is 15.8 Å². The van der Waals surface area contributed by atoms with E-state index in [2.05, 4.69) is 15.9 Å². The van der Waals surface area contributed by atoms with Crippen molar-refractivity contribution >= 4 is 27.3 Å². The maximum Gasteiger partial charge on any atom is 0.135 e. The Bertz CT molecular complexity index is 454. The van der Waals surface area contributed by atoms with E-state index < -0.39 is 0 Å². The van der Waals surface area contributed by atoms with Crippen molar-refractivity contribution < 1.29 is 9.71 Å². The molecule has 3 heteroatoms. The Morgan fingerprint density at radius 3 is 2.18 bits per heavy atom. The largest absolute Gasteiger partial charge is 0.282 e. The summed E-state index contributed by atoms with van der Waals surface area (Å²) < 4.78 is 13.7. The first-order chi connectivity index (χ1) is 8.24. The summed E-state index contributed by atoms with van der Waals surface area (Å²) in [6.07, 6.45) is 0. The molecule has 0 aromatic heterocycles. The minimum absolute atomic E-state index is 0.207. The van der Waals surface area contributed by atoms with Crippen molar-refractivity contribution in [3.8, 4) is 0 Å². The highest BCUT2D eigenvalue weighted by Crippen LogP contribution is 2.13. The Labute approximate surface area is 110 Å². The van der Waals surface area contributed by atoms with Crippen LogP contribution in [0.2, 0.25) is 0 Å². The van der Waals surface area contributed by atoms with Gasteiger partial charge in [0.2, 0.25) is 0 Å². The third-order valence-electron chi connectivity index (χ3n) is 2.05. The monoisotopic (exact) mass is 296 g/mol. The molecule has 0 radical (unpaired) electrons. The van der Waals surface area contributed by atoms with Crippen LogP contribution >= 0.6 is 15.9 Å². The SMILES string of the molecule is CC.Fc1ccc([NH2+]c2cccc(Br)c2)cc1. The van der Waals surface area contributed by atoms with Crippen molar-refractivity contribution in [1.29, 1.82) is 0 Å². The van der Waals surface area contributed by atoms with E-state index >= 15 is 0 Å². The van der Waals surface area contributed by atoms with E-state index in [0.29, 0.717) is 0 Å². The van der Waals surface area contributed by atoms with Crippen molar-refractivity contribution in [2.75, 3.05) is 0 Å². The number of rotatable bonds is 2. The number of quaternary nitrogens is 1. The summed E-state index contributed by atoms with van der Waals surface area (Å²) in [7, 11) is 0. The van der Waals surface area contributed by atoms with Crippen LogP contribution in [0.5, 0.6) is 0 Å². The Morgan fingerprint density at radius 2 is 1.59 bits per heavy atom. The third kappa shape index (κ3) is 4.67. The van der Waals surface area contributed by atoms with Crippen LogP contribution in [0.15, 0.2) is 53.0 Å². The van der Waals surface area contributed by atoms with Crippen LogP contribution in [-0.4, -0.2) is 0 Å². The van der Waals surface area contributed by atoms with E-state index in [1.807, 2.05) is 43.4 Å². The second-order valence-corrected chi connectivity index (χ2v) is 4.17. The molecule has 2 N–H and O–H groups in total. The lowest BCUT2D eigenvalue weighted by Gasteiger charge is -2.00. The molecule has 0 aliphatic carbocycles. The summed E-state index contributed by atoms with van der Waals surface area (Å²) >= 11 is 3.41. The van der Waals surface area contributed by atoms with Gasteiger partial charge < -0.3 is 0 Å². The molecule has 0 aliphatic rings. The second kappa shape index (κ2) is 7.20. The van der Waals surface area contributed by atoms with Crippen molar-refractivity contribution in [1.82, 2.24) is 0 Å². The van der Waals surface area contributed by atoms with Gasteiger partial charge in [-0.3, -0.25) is 5.32 Å². The van der Waals surface area contributed by atoms with Gasteiger partial charge >= 0.3 is 0 Å². The van der Waals surface area contributed by atoms with Crippen LogP contribution in [0.25, 0.3) is 0 Å². The maximum atomic E-state index is 12.7. The fourth-order valence-corrected chi connectivity index (χ4v) is 1.76. The Morgan fingerprint density at radius 1 is 0.941 bits per heavy atom. The molecule has 0 fully saturated rings. The topological polar surface area (TPSA) is 16.6 Å². The molecule has 2 rings (SSSR count). The predicted octanol–water partition coefficient (Wildman–Crippen LogP) is 4.14. The van der Waals surface area contributed by atoms with Crippen molar-refractivity contribution in [2.45, 2.75) is 13.8 Å². The molecule has 2 aromatic rings. The zero-order valence-electron chi connectivity index (χ0n) is 9.95. The number of nitrogens with two attached hydrogens (primary N) is 1. The normalized spacial score (nSPS) is 9.41. The Balaban J connectivity index is 0.000000686. The molecule has 0 aliphatic heterocycles. The standard InChI is InChI=1S/C12H9BrFN.C2H6/c13-9-2-1-3-12(8-9)15-11-6-4-10(14)5-7-11;1-2/h1-8,15H;1-2H3/p+1. The summed E-state index contributed by atoms with van der Waals surface area (Å²) in [6, 6.07) is 14.4. The number of hydrogen-bond donors (Lipinski definition) is 1. The smallest absolute Gasteiger partial charge is 0.135 e. The minimum atomic E-state index is -0.207. The van der Waals surface area contributed by atoms with E-state index in [4.69, 9.17) is 0 Å². The lowest BCUT2D eigenvalue weighted by atomic mass is 10.2. The number of hydrogen-bond acceptors (Lipinski definition) is 0. The van der Waals surface area contributed by atoms with Gasteiger partial charge in [0.05, 0.1) is 0 Å². The van der Waals surface area contributed by atoms with Crippen molar-refractivity contribution in [3.05, 3.63) is 58.8 Å². The van der Waals surface area contributed by atoms with Gasteiger partial charge in [-0.2, -0.15) is 0 Å². The maximum absolute atomic E-state index is 12.7. The highest BCUT2D eigenvalue weighted by Gasteiger charge is 2.00. The molecule has 17 heavy (non-hydrogen) atoms. The lowest BCUT2D eigenvalue weighted by molar-refractivity contribution is -0.478. The molecule has 0 heterocycles.